The number of primary amides is 1. The zero-order valence-corrected chi connectivity index (χ0v) is 21.2. The van der Waals surface area contributed by atoms with Crippen LogP contribution in [0, 0.1) is 0 Å². The maximum Gasteiger partial charge on any atom is 0.260 e. The molecule has 0 radical (unpaired) electrons. The van der Waals surface area contributed by atoms with E-state index in [9.17, 15) is 9.90 Å². The van der Waals surface area contributed by atoms with Gasteiger partial charge in [-0.2, -0.15) is 0 Å². The number of fused-ring (bicyclic) bond motifs is 2. The molecule has 1 aromatic carbocycles. The van der Waals surface area contributed by atoms with Gasteiger partial charge in [0.15, 0.2) is 0 Å². The second-order valence-corrected chi connectivity index (χ2v) is 10.4. The van der Waals surface area contributed by atoms with E-state index in [0.29, 0.717) is 23.2 Å². The van der Waals surface area contributed by atoms with Crippen molar-refractivity contribution in [2.24, 2.45) is 5.73 Å². The molecule has 1 fully saturated rings. The standard InChI is InChI=1S/C27H32N6O2S/c1-2-4-18-14-22(32-27-23(18)24(28)25(36-27)26(29)35)33-11-8-19(9-12-33)31-15-21(34)17-6-7-20-16(13-17)5-3-10-30-20/h3,5-7,10,13-14,19,21,31,34H,2,4,8-9,11-12,15,28H2,1H3,(H2,29,35). The van der Waals surface area contributed by atoms with Crippen molar-refractivity contribution >= 4 is 49.9 Å². The Bertz CT molecular complexity index is 1400. The van der Waals surface area contributed by atoms with Crippen LogP contribution in [0.5, 0.6) is 0 Å². The molecular weight excluding hydrogens is 472 g/mol. The molecule has 1 aliphatic rings. The molecule has 188 valence electrons. The predicted molar refractivity (Wildman–Crippen MR) is 146 cm³/mol. The number of hydrogen-bond acceptors (Lipinski definition) is 8. The number of carbonyl (C=O) groups excluding carboxylic acids is 1. The zero-order chi connectivity index (χ0) is 25.2. The first-order chi connectivity index (χ1) is 17.4. The molecule has 1 aliphatic heterocycles. The molecule has 1 atom stereocenters. The normalized spacial score (nSPS) is 15.6. The minimum absolute atomic E-state index is 0.329. The highest BCUT2D eigenvalue weighted by molar-refractivity contribution is 7.21. The largest absolute Gasteiger partial charge is 0.397 e. The number of nitrogens with two attached hydrogens (primary N) is 2. The van der Waals surface area contributed by atoms with Crippen LogP contribution in [0.25, 0.3) is 21.1 Å². The summed E-state index contributed by atoms with van der Waals surface area (Å²) >= 11 is 1.28. The lowest BCUT2D eigenvalue weighted by Crippen LogP contribution is -2.44. The van der Waals surface area contributed by atoms with E-state index in [0.717, 1.165) is 76.8 Å². The SMILES string of the molecule is CCCc1cc(N2CCC(NCC(O)c3ccc4ncccc4c3)CC2)nc2sc(C(N)=O)c(N)c12. The Balaban J connectivity index is 1.23. The first-order valence-corrected chi connectivity index (χ1v) is 13.3. The summed E-state index contributed by atoms with van der Waals surface area (Å²) in [5.41, 5.74) is 15.2. The number of anilines is 2. The Labute approximate surface area is 214 Å². The fourth-order valence-electron chi connectivity index (χ4n) is 5.01. The lowest BCUT2D eigenvalue weighted by atomic mass is 10.0. The van der Waals surface area contributed by atoms with Crippen molar-refractivity contribution in [3.63, 3.8) is 0 Å². The van der Waals surface area contributed by atoms with Crippen LogP contribution in [0.2, 0.25) is 0 Å². The summed E-state index contributed by atoms with van der Waals surface area (Å²) in [6, 6.07) is 12.3. The predicted octanol–water partition coefficient (Wildman–Crippen LogP) is 3.77. The summed E-state index contributed by atoms with van der Waals surface area (Å²) in [4.78, 5) is 24.5. The first kappa shape index (κ1) is 24.4. The molecule has 5 rings (SSSR count). The molecule has 36 heavy (non-hydrogen) atoms. The van der Waals surface area contributed by atoms with Gasteiger partial charge in [0.1, 0.15) is 15.5 Å². The molecule has 0 aliphatic carbocycles. The molecule has 1 unspecified atom stereocenters. The zero-order valence-electron chi connectivity index (χ0n) is 20.4. The number of pyridine rings is 2. The maximum absolute atomic E-state index is 11.8. The lowest BCUT2D eigenvalue weighted by molar-refractivity contribution is 0.100. The molecule has 3 aromatic heterocycles. The van der Waals surface area contributed by atoms with Gasteiger partial charge in [0.25, 0.3) is 5.91 Å². The van der Waals surface area contributed by atoms with E-state index in [-0.39, 0.29) is 0 Å². The third-order valence-corrected chi connectivity index (χ3v) is 8.05. The van der Waals surface area contributed by atoms with Crippen molar-refractivity contribution in [3.8, 4) is 0 Å². The van der Waals surface area contributed by atoms with Crippen LogP contribution < -0.4 is 21.7 Å². The van der Waals surface area contributed by atoms with Gasteiger partial charge in [-0.05, 0) is 54.7 Å². The molecule has 8 nitrogen and oxygen atoms in total. The van der Waals surface area contributed by atoms with Gasteiger partial charge < -0.3 is 26.8 Å². The third kappa shape index (κ3) is 4.86. The summed E-state index contributed by atoms with van der Waals surface area (Å²) < 4.78 is 0. The fraction of sp³-hybridized carbons (Fsp3) is 0.370. The van der Waals surface area contributed by atoms with Crippen LogP contribution in [0.15, 0.2) is 42.6 Å². The van der Waals surface area contributed by atoms with E-state index in [4.69, 9.17) is 16.5 Å². The van der Waals surface area contributed by atoms with Crippen LogP contribution >= 0.6 is 11.3 Å². The third-order valence-electron chi connectivity index (χ3n) is 6.94. The Kier molecular flexibility index (Phi) is 7.04. The molecular formula is C27H32N6O2S. The topological polar surface area (TPSA) is 130 Å². The Morgan fingerprint density at radius 2 is 2.08 bits per heavy atom. The monoisotopic (exact) mass is 504 g/mol. The van der Waals surface area contributed by atoms with Gasteiger partial charge in [0.05, 0.1) is 17.3 Å². The van der Waals surface area contributed by atoms with Gasteiger partial charge in [-0.25, -0.2) is 4.98 Å². The van der Waals surface area contributed by atoms with E-state index >= 15 is 0 Å². The molecule has 4 heterocycles. The minimum Gasteiger partial charge on any atom is -0.397 e. The maximum atomic E-state index is 11.8. The summed E-state index contributed by atoms with van der Waals surface area (Å²) in [5.74, 6) is 0.417. The molecule has 0 saturated carbocycles. The van der Waals surface area contributed by atoms with Crippen LogP contribution in [-0.4, -0.2) is 46.7 Å². The second-order valence-electron chi connectivity index (χ2n) is 9.42. The average molecular weight is 505 g/mol. The van der Waals surface area contributed by atoms with Crippen molar-refractivity contribution in [2.45, 2.75) is 44.8 Å². The van der Waals surface area contributed by atoms with Gasteiger partial charge >= 0.3 is 0 Å². The highest BCUT2D eigenvalue weighted by Crippen LogP contribution is 2.37. The van der Waals surface area contributed by atoms with E-state index in [1.165, 1.54) is 11.3 Å². The summed E-state index contributed by atoms with van der Waals surface area (Å²) in [5, 5.41) is 16.2. The quantitative estimate of drug-likeness (QED) is 0.287. The molecule has 9 heteroatoms. The molecule has 0 spiro atoms. The minimum atomic E-state index is -0.572. The molecule has 1 amide bonds. The van der Waals surface area contributed by atoms with E-state index < -0.39 is 12.0 Å². The van der Waals surface area contributed by atoms with E-state index in [1.807, 2.05) is 30.3 Å². The number of thiophene rings is 1. The molecule has 0 bridgehead atoms. The smallest absolute Gasteiger partial charge is 0.260 e. The van der Waals surface area contributed by atoms with Crippen molar-refractivity contribution in [1.29, 1.82) is 0 Å². The lowest BCUT2D eigenvalue weighted by Gasteiger charge is -2.34. The van der Waals surface area contributed by atoms with Crippen LogP contribution in [0.3, 0.4) is 0 Å². The van der Waals surface area contributed by atoms with Crippen molar-refractivity contribution in [2.75, 3.05) is 30.3 Å². The van der Waals surface area contributed by atoms with Crippen LogP contribution in [0.4, 0.5) is 11.5 Å². The number of amides is 1. The Hall–Kier alpha value is -3.27. The summed E-state index contributed by atoms with van der Waals surface area (Å²) in [6.07, 6.45) is 4.95. The van der Waals surface area contributed by atoms with Crippen molar-refractivity contribution in [1.82, 2.24) is 15.3 Å². The molecule has 6 N–H and O–H groups in total. The Morgan fingerprint density at radius 1 is 1.28 bits per heavy atom. The number of carbonyl (C=O) groups is 1. The average Bonchev–Trinajstić information content (AvgIpc) is 3.24. The number of piperidine rings is 1. The number of nitrogens with one attached hydrogen (secondary N) is 1. The van der Waals surface area contributed by atoms with Crippen molar-refractivity contribution < 1.29 is 9.90 Å². The van der Waals surface area contributed by atoms with E-state index in [2.05, 4.69) is 28.2 Å². The fourth-order valence-corrected chi connectivity index (χ4v) is 5.99. The summed E-state index contributed by atoms with van der Waals surface area (Å²) in [6.45, 7) is 4.36. The molecule has 4 aromatic rings. The Morgan fingerprint density at radius 3 is 2.83 bits per heavy atom. The van der Waals surface area contributed by atoms with Gasteiger partial charge in [0, 0.05) is 42.6 Å². The number of rotatable bonds is 8. The number of aliphatic hydroxyl groups is 1. The number of benzene rings is 1. The highest BCUT2D eigenvalue weighted by atomic mass is 32.1. The van der Waals surface area contributed by atoms with Gasteiger partial charge in [-0.15, -0.1) is 11.3 Å². The highest BCUT2D eigenvalue weighted by Gasteiger charge is 2.24. The number of hydrogen-bond donors (Lipinski definition) is 4. The van der Waals surface area contributed by atoms with E-state index in [1.54, 1.807) is 6.20 Å². The van der Waals surface area contributed by atoms with Crippen LogP contribution in [-0.2, 0) is 6.42 Å². The first-order valence-electron chi connectivity index (χ1n) is 12.5. The second kappa shape index (κ2) is 10.4. The molecule has 1 saturated heterocycles. The summed E-state index contributed by atoms with van der Waals surface area (Å²) in [7, 11) is 0. The number of aromatic nitrogens is 2. The number of aliphatic hydroxyl groups excluding tert-OH is 1. The van der Waals surface area contributed by atoms with Gasteiger partial charge in [-0.3, -0.25) is 9.78 Å². The van der Waals surface area contributed by atoms with Crippen LogP contribution in [0.1, 0.15) is 53.1 Å². The number of nitrogen functional groups attached to an aromatic ring is 1. The van der Waals surface area contributed by atoms with Crippen molar-refractivity contribution in [3.05, 3.63) is 58.6 Å². The van der Waals surface area contributed by atoms with Gasteiger partial charge in [-0.1, -0.05) is 25.5 Å². The van der Waals surface area contributed by atoms with Gasteiger partial charge in [0.2, 0.25) is 0 Å². The number of aryl methyl sites for hydroxylation is 1. The number of nitrogens with zero attached hydrogens (tertiary/aromatic N) is 3.